The van der Waals surface area contributed by atoms with Gasteiger partial charge in [-0.05, 0) is 38.5 Å². The molecule has 30 heavy (non-hydrogen) atoms. The molecule has 0 unspecified atom stereocenters. The maximum atomic E-state index is 12.4. The fraction of sp³-hybridized carbons (Fsp3) is 0.217. The molecule has 0 aliphatic heterocycles. The quantitative estimate of drug-likeness (QED) is 0.504. The molecule has 0 saturated carbocycles. The minimum Gasteiger partial charge on any atom is -0.310 e. The van der Waals surface area contributed by atoms with E-state index in [1.807, 2.05) is 42.1 Å². The summed E-state index contributed by atoms with van der Waals surface area (Å²) >= 11 is 1.49. The average molecular weight is 418 g/mol. The lowest BCUT2D eigenvalue weighted by Gasteiger charge is -2.04. The van der Waals surface area contributed by atoms with E-state index in [1.165, 1.54) is 22.5 Å². The van der Waals surface area contributed by atoms with Crippen molar-refractivity contribution in [2.24, 2.45) is 0 Å². The Morgan fingerprint density at radius 3 is 2.60 bits per heavy atom. The molecule has 7 heteroatoms. The lowest BCUT2D eigenvalue weighted by Crippen LogP contribution is -2.15. The number of nitrogens with one attached hydrogen (secondary N) is 1. The van der Waals surface area contributed by atoms with Crippen molar-refractivity contribution >= 4 is 23.1 Å². The molecule has 0 radical (unpaired) electrons. The summed E-state index contributed by atoms with van der Waals surface area (Å²) in [5.41, 5.74) is 6.12. The van der Waals surface area contributed by atoms with Gasteiger partial charge in [0.1, 0.15) is 5.82 Å². The number of nitrogens with zero attached hydrogens (tertiary/aromatic N) is 4. The van der Waals surface area contributed by atoms with Gasteiger partial charge in [0.2, 0.25) is 11.0 Å². The fourth-order valence-corrected chi connectivity index (χ4v) is 4.18. The molecule has 0 fully saturated rings. The number of amides is 1. The summed E-state index contributed by atoms with van der Waals surface area (Å²) in [6, 6.07) is 15.9. The highest BCUT2D eigenvalue weighted by atomic mass is 32.1. The third kappa shape index (κ3) is 4.46. The molecule has 3 heterocycles. The van der Waals surface area contributed by atoms with Crippen molar-refractivity contribution in [1.29, 1.82) is 0 Å². The first-order valence-electron chi connectivity index (χ1n) is 9.77. The van der Waals surface area contributed by atoms with Crippen molar-refractivity contribution in [1.82, 2.24) is 19.7 Å². The van der Waals surface area contributed by atoms with Gasteiger partial charge in [-0.2, -0.15) is 5.10 Å². The summed E-state index contributed by atoms with van der Waals surface area (Å²) in [6.07, 6.45) is 1.03. The molecular weight excluding hydrogens is 394 g/mol. The third-order valence-corrected chi connectivity index (χ3v) is 5.75. The summed E-state index contributed by atoms with van der Waals surface area (Å²) in [6.45, 7) is 5.98. The van der Waals surface area contributed by atoms with Crippen LogP contribution in [-0.4, -0.2) is 25.7 Å². The fourth-order valence-electron chi connectivity index (χ4n) is 3.36. The number of hydrogen-bond acceptors (Lipinski definition) is 5. The normalized spacial score (nSPS) is 10.9. The minimum absolute atomic E-state index is 0.136. The zero-order valence-electron chi connectivity index (χ0n) is 17.2. The van der Waals surface area contributed by atoms with Crippen molar-refractivity contribution in [2.75, 3.05) is 5.32 Å². The lowest BCUT2D eigenvalue weighted by atomic mass is 10.0. The molecule has 0 atom stereocenters. The molecule has 3 aromatic heterocycles. The Balaban J connectivity index is 1.48. The Labute approximate surface area is 179 Å². The van der Waals surface area contributed by atoms with Crippen LogP contribution >= 0.6 is 11.3 Å². The average Bonchev–Trinajstić information content (AvgIpc) is 3.28. The van der Waals surface area contributed by atoms with Crippen LogP contribution in [0.2, 0.25) is 0 Å². The van der Waals surface area contributed by atoms with Gasteiger partial charge in [0.05, 0.1) is 17.8 Å². The number of pyridine rings is 1. The maximum Gasteiger partial charge on any atom is 0.231 e. The first-order chi connectivity index (χ1) is 14.5. The standard InChI is InChI=1S/C23H23N5OS/c1-15-8-7-11-21(24-15)26-22(29)13-19-14-30-23(25-19)28-17(3)20(16(2)27-28)12-18-9-5-4-6-10-18/h4-11,14H,12-13H2,1-3H3,(H,24,26,29). The van der Waals surface area contributed by atoms with E-state index in [2.05, 4.69) is 46.5 Å². The van der Waals surface area contributed by atoms with E-state index in [0.29, 0.717) is 5.82 Å². The van der Waals surface area contributed by atoms with Gasteiger partial charge in [0.25, 0.3) is 0 Å². The van der Waals surface area contributed by atoms with E-state index >= 15 is 0 Å². The van der Waals surface area contributed by atoms with Gasteiger partial charge in [-0.3, -0.25) is 4.79 Å². The molecule has 1 aromatic carbocycles. The molecule has 6 nitrogen and oxygen atoms in total. The number of hydrogen-bond donors (Lipinski definition) is 1. The summed E-state index contributed by atoms with van der Waals surface area (Å²) in [5.74, 6) is 0.419. The molecular formula is C23H23N5OS. The molecule has 152 valence electrons. The summed E-state index contributed by atoms with van der Waals surface area (Å²) in [4.78, 5) is 21.3. The number of carbonyl (C=O) groups is 1. The van der Waals surface area contributed by atoms with Crippen molar-refractivity contribution < 1.29 is 4.79 Å². The second-order valence-electron chi connectivity index (χ2n) is 7.23. The monoisotopic (exact) mass is 417 g/mol. The number of thiazole rings is 1. The topological polar surface area (TPSA) is 72.7 Å². The molecule has 4 aromatic rings. The molecule has 0 aliphatic rings. The Kier molecular flexibility index (Phi) is 5.72. The molecule has 0 aliphatic carbocycles. The third-order valence-electron chi connectivity index (χ3n) is 4.88. The number of benzene rings is 1. The van der Waals surface area contributed by atoms with Crippen LogP contribution in [0.4, 0.5) is 5.82 Å². The highest BCUT2D eigenvalue weighted by Crippen LogP contribution is 2.23. The van der Waals surface area contributed by atoms with E-state index < -0.39 is 0 Å². The predicted molar refractivity (Wildman–Crippen MR) is 119 cm³/mol. The number of carbonyl (C=O) groups excluding carboxylic acids is 1. The van der Waals surface area contributed by atoms with Crippen LogP contribution in [0.1, 0.15) is 33.9 Å². The van der Waals surface area contributed by atoms with Crippen LogP contribution in [0.5, 0.6) is 0 Å². The summed E-state index contributed by atoms with van der Waals surface area (Å²) < 4.78 is 1.88. The zero-order chi connectivity index (χ0) is 21.1. The Morgan fingerprint density at radius 1 is 1.03 bits per heavy atom. The van der Waals surface area contributed by atoms with E-state index in [1.54, 1.807) is 6.07 Å². The predicted octanol–water partition coefficient (Wildman–Crippen LogP) is 4.42. The van der Waals surface area contributed by atoms with Crippen LogP contribution in [0.25, 0.3) is 5.13 Å². The number of anilines is 1. The van der Waals surface area contributed by atoms with E-state index in [0.717, 1.165) is 34.3 Å². The number of rotatable bonds is 6. The van der Waals surface area contributed by atoms with Gasteiger partial charge >= 0.3 is 0 Å². The largest absolute Gasteiger partial charge is 0.310 e. The van der Waals surface area contributed by atoms with E-state index in [4.69, 9.17) is 5.10 Å². The van der Waals surface area contributed by atoms with Gasteiger partial charge in [-0.25, -0.2) is 14.6 Å². The van der Waals surface area contributed by atoms with E-state index in [9.17, 15) is 4.79 Å². The van der Waals surface area contributed by atoms with Crippen LogP contribution in [0.15, 0.2) is 53.9 Å². The summed E-state index contributed by atoms with van der Waals surface area (Å²) in [5, 5.41) is 10.2. The minimum atomic E-state index is -0.136. The van der Waals surface area contributed by atoms with Crippen LogP contribution < -0.4 is 5.32 Å². The van der Waals surface area contributed by atoms with Gasteiger partial charge < -0.3 is 5.32 Å². The molecule has 0 bridgehead atoms. The molecule has 4 rings (SSSR count). The first kappa shape index (κ1) is 20.0. The summed E-state index contributed by atoms with van der Waals surface area (Å²) in [7, 11) is 0. The van der Waals surface area contributed by atoms with Gasteiger partial charge in [0.15, 0.2) is 0 Å². The lowest BCUT2D eigenvalue weighted by molar-refractivity contribution is -0.115. The number of aryl methyl sites for hydroxylation is 2. The van der Waals surface area contributed by atoms with Gasteiger partial charge in [-0.1, -0.05) is 36.4 Å². The SMILES string of the molecule is Cc1cccc(NC(=O)Cc2csc(-n3nc(C)c(Cc4ccccc4)c3C)n2)n1. The van der Waals surface area contributed by atoms with Gasteiger partial charge in [0, 0.05) is 28.8 Å². The second-order valence-corrected chi connectivity index (χ2v) is 8.07. The Hall–Kier alpha value is -3.32. The maximum absolute atomic E-state index is 12.4. The van der Waals surface area contributed by atoms with Crippen molar-refractivity contribution in [3.05, 3.63) is 87.8 Å². The molecule has 1 amide bonds. The van der Waals surface area contributed by atoms with Crippen molar-refractivity contribution in [2.45, 2.75) is 33.6 Å². The highest BCUT2D eigenvalue weighted by molar-refractivity contribution is 7.12. The zero-order valence-corrected chi connectivity index (χ0v) is 18.0. The van der Waals surface area contributed by atoms with Gasteiger partial charge in [-0.15, -0.1) is 11.3 Å². The second kappa shape index (κ2) is 8.59. The van der Waals surface area contributed by atoms with Crippen molar-refractivity contribution in [3.63, 3.8) is 0 Å². The first-order valence-corrected chi connectivity index (χ1v) is 10.6. The molecule has 1 N–H and O–H groups in total. The molecule has 0 saturated heterocycles. The smallest absolute Gasteiger partial charge is 0.231 e. The Bertz CT molecular complexity index is 1180. The molecule has 0 spiro atoms. The Morgan fingerprint density at radius 2 is 1.83 bits per heavy atom. The van der Waals surface area contributed by atoms with Crippen LogP contribution in [0.3, 0.4) is 0 Å². The van der Waals surface area contributed by atoms with Crippen molar-refractivity contribution in [3.8, 4) is 5.13 Å². The number of aromatic nitrogens is 4. The van der Waals surface area contributed by atoms with Crippen LogP contribution in [0, 0.1) is 20.8 Å². The van der Waals surface area contributed by atoms with E-state index in [-0.39, 0.29) is 12.3 Å². The highest BCUT2D eigenvalue weighted by Gasteiger charge is 2.16. The van der Waals surface area contributed by atoms with Crippen LogP contribution in [-0.2, 0) is 17.6 Å².